The molecule has 0 bridgehead atoms. The minimum Gasteiger partial charge on any atom is -0.302 e. The maximum Gasteiger partial charge on any atom is 0.0906 e. The summed E-state index contributed by atoms with van der Waals surface area (Å²) in [5.41, 5.74) is 0. The highest BCUT2D eigenvalue weighted by atomic mass is 35.5. The van der Waals surface area contributed by atoms with Crippen molar-refractivity contribution < 1.29 is 4.39 Å². The number of alkyl halides is 2. The maximum atomic E-state index is 11.7. The van der Waals surface area contributed by atoms with Gasteiger partial charge in [0, 0.05) is 18.5 Å². The molecule has 0 aromatic rings. The summed E-state index contributed by atoms with van der Waals surface area (Å²) in [6, 6.07) is 0.355. The molecule has 0 saturated carbocycles. The molecule has 0 aromatic heterocycles. The van der Waals surface area contributed by atoms with Gasteiger partial charge in [-0.15, -0.1) is 11.6 Å². The Morgan fingerprint density at radius 2 is 2.20 bits per heavy atom. The van der Waals surface area contributed by atoms with Crippen molar-refractivity contribution in [2.45, 2.75) is 19.4 Å². The van der Waals surface area contributed by atoms with E-state index in [2.05, 4.69) is 4.90 Å². The van der Waals surface area contributed by atoms with E-state index >= 15 is 0 Å². The molecule has 0 aliphatic rings. The molecule has 0 spiro atoms. The van der Waals surface area contributed by atoms with Gasteiger partial charge in [-0.3, -0.25) is 4.39 Å². The molecule has 0 aliphatic carbocycles. The molecule has 3 heteroatoms. The van der Waals surface area contributed by atoms with Gasteiger partial charge < -0.3 is 4.90 Å². The van der Waals surface area contributed by atoms with E-state index in [-0.39, 0.29) is 6.67 Å². The third kappa shape index (κ3) is 4.07. The van der Waals surface area contributed by atoms with Crippen LogP contribution in [0.25, 0.3) is 0 Å². The van der Waals surface area contributed by atoms with Crippen molar-refractivity contribution in [3.8, 4) is 0 Å². The summed E-state index contributed by atoms with van der Waals surface area (Å²) in [5.74, 6) is 0.614. The minimum atomic E-state index is -0.237. The molecule has 0 rings (SSSR count). The molecular weight excluding hydrogens is 153 g/mol. The van der Waals surface area contributed by atoms with Crippen molar-refractivity contribution in [3.05, 3.63) is 0 Å². The summed E-state index contributed by atoms with van der Waals surface area (Å²) in [4.78, 5) is 2.06. The lowest BCUT2D eigenvalue weighted by Crippen LogP contribution is -2.31. The van der Waals surface area contributed by atoms with Crippen molar-refractivity contribution >= 4 is 11.6 Å². The SMILES string of the molecule is CC(CCl)N(C)CCCF. The molecule has 0 aliphatic heterocycles. The summed E-state index contributed by atoms with van der Waals surface area (Å²) in [6.07, 6.45) is 0.609. The second-order valence-electron chi connectivity index (χ2n) is 2.53. The fourth-order valence-electron chi connectivity index (χ4n) is 0.647. The summed E-state index contributed by atoms with van der Waals surface area (Å²) < 4.78 is 11.7. The summed E-state index contributed by atoms with van der Waals surface area (Å²) in [7, 11) is 1.96. The zero-order valence-corrected chi connectivity index (χ0v) is 7.36. The van der Waals surface area contributed by atoms with Crippen LogP contribution in [0.5, 0.6) is 0 Å². The Hall–Kier alpha value is 0.180. The van der Waals surface area contributed by atoms with Gasteiger partial charge in [-0.1, -0.05) is 0 Å². The summed E-state index contributed by atoms with van der Waals surface area (Å²) in [6.45, 7) is 2.59. The Balaban J connectivity index is 3.31. The van der Waals surface area contributed by atoms with Crippen molar-refractivity contribution in [1.82, 2.24) is 4.90 Å². The van der Waals surface area contributed by atoms with Crippen LogP contribution in [0, 0.1) is 0 Å². The maximum absolute atomic E-state index is 11.7. The van der Waals surface area contributed by atoms with Crippen LogP contribution in [0.1, 0.15) is 13.3 Å². The molecule has 0 fully saturated rings. The number of hydrogen-bond acceptors (Lipinski definition) is 1. The van der Waals surface area contributed by atoms with E-state index in [1.54, 1.807) is 0 Å². The first-order valence-corrected chi connectivity index (χ1v) is 4.08. The Morgan fingerprint density at radius 3 is 2.60 bits per heavy atom. The zero-order valence-electron chi connectivity index (χ0n) is 6.61. The smallest absolute Gasteiger partial charge is 0.0906 e. The Morgan fingerprint density at radius 1 is 1.60 bits per heavy atom. The van der Waals surface area contributed by atoms with E-state index in [4.69, 9.17) is 11.6 Å². The quantitative estimate of drug-likeness (QED) is 0.566. The van der Waals surface area contributed by atoms with Crippen LogP contribution in [0.4, 0.5) is 4.39 Å². The van der Waals surface area contributed by atoms with E-state index in [0.29, 0.717) is 18.3 Å². The van der Waals surface area contributed by atoms with Crippen LogP contribution in [-0.2, 0) is 0 Å². The monoisotopic (exact) mass is 167 g/mol. The number of nitrogens with zero attached hydrogens (tertiary/aromatic N) is 1. The molecule has 1 atom stereocenters. The summed E-state index contributed by atoms with van der Waals surface area (Å²) in [5, 5.41) is 0. The molecule has 0 N–H and O–H groups in total. The first-order valence-electron chi connectivity index (χ1n) is 3.54. The lowest BCUT2D eigenvalue weighted by Gasteiger charge is -2.21. The van der Waals surface area contributed by atoms with Crippen molar-refractivity contribution in [1.29, 1.82) is 0 Å². The number of halogens is 2. The zero-order chi connectivity index (χ0) is 7.98. The average Bonchev–Trinajstić information content (AvgIpc) is 1.98. The molecule has 0 saturated heterocycles. The van der Waals surface area contributed by atoms with Gasteiger partial charge in [-0.2, -0.15) is 0 Å². The van der Waals surface area contributed by atoms with Crippen LogP contribution < -0.4 is 0 Å². The Bertz CT molecular complexity index is 80.0. The number of rotatable bonds is 5. The molecule has 1 unspecified atom stereocenters. The Kier molecular flexibility index (Phi) is 6.03. The number of hydrogen-bond donors (Lipinski definition) is 0. The highest BCUT2D eigenvalue weighted by Gasteiger charge is 2.05. The molecule has 0 amide bonds. The average molecular weight is 168 g/mol. The predicted molar refractivity (Wildman–Crippen MR) is 43.4 cm³/mol. The Labute approximate surface area is 67.2 Å². The van der Waals surface area contributed by atoms with Crippen molar-refractivity contribution in [2.24, 2.45) is 0 Å². The molecular formula is C7H15ClFN. The van der Waals surface area contributed by atoms with Crippen LogP contribution in [0.15, 0.2) is 0 Å². The molecule has 0 heterocycles. The van der Waals surface area contributed by atoms with Gasteiger partial charge >= 0.3 is 0 Å². The van der Waals surface area contributed by atoms with Crippen LogP contribution in [0.3, 0.4) is 0 Å². The van der Waals surface area contributed by atoms with Gasteiger partial charge in [0.2, 0.25) is 0 Å². The van der Waals surface area contributed by atoms with Gasteiger partial charge in [-0.25, -0.2) is 0 Å². The molecule has 0 radical (unpaired) electrons. The molecule has 62 valence electrons. The van der Waals surface area contributed by atoms with E-state index in [0.717, 1.165) is 6.54 Å². The standard InChI is InChI=1S/C7H15ClFN/c1-7(6-8)10(2)5-3-4-9/h7H,3-6H2,1-2H3. The van der Waals surface area contributed by atoms with Gasteiger partial charge in [0.15, 0.2) is 0 Å². The molecule has 1 nitrogen and oxygen atoms in total. The first kappa shape index (κ1) is 10.2. The second kappa shape index (κ2) is 5.93. The molecule has 10 heavy (non-hydrogen) atoms. The van der Waals surface area contributed by atoms with Crippen molar-refractivity contribution in [2.75, 3.05) is 26.1 Å². The highest BCUT2D eigenvalue weighted by molar-refractivity contribution is 6.18. The van der Waals surface area contributed by atoms with Gasteiger partial charge in [0.25, 0.3) is 0 Å². The third-order valence-electron chi connectivity index (χ3n) is 1.62. The topological polar surface area (TPSA) is 3.24 Å². The van der Waals surface area contributed by atoms with E-state index in [9.17, 15) is 4.39 Å². The minimum absolute atomic E-state index is 0.237. The van der Waals surface area contributed by atoms with Gasteiger partial charge in [0.1, 0.15) is 0 Å². The fraction of sp³-hybridized carbons (Fsp3) is 1.00. The normalized spacial score (nSPS) is 14.1. The van der Waals surface area contributed by atoms with Crippen LogP contribution in [-0.4, -0.2) is 37.1 Å². The van der Waals surface area contributed by atoms with E-state index in [1.165, 1.54) is 0 Å². The second-order valence-corrected chi connectivity index (χ2v) is 2.84. The first-order chi connectivity index (χ1) is 4.72. The van der Waals surface area contributed by atoms with Gasteiger partial charge in [0.05, 0.1) is 6.67 Å². The lowest BCUT2D eigenvalue weighted by molar-refractivity contribution is 0.261. The highest BCUT2D eigenvalue weighted by Crippen LogP contribution is 1.98. The predicted octanol–water partition coefficient (Wildman–Crippen LogP) is 1.91. The van der Waals surface area contributed by atoms with Crippen molar-refractivity contribution in [3.63, 3.8) is 0 Å². The lowest BCUT2D eigenvalue weighted by atomic mass is 10.3. The van der Waals surface area contributed by atoms with Crippen LogP contribution in [0.2, 0.25) is 0 Å². The molecule has 0 aromatic carbocycles. The van der Waals surface area contributed by atoms with Crippen LogP contribution >= 0.6 is 11.6 Å². The van der Waals surface area contributed by atoms with Gasteiger partial charge in [-0.05, 0) is 20.4 Å². The largest absolute Gasteiger partial charge is 0.302 e. The fourth-order valence-corrected chi connectivity index (χ4v) is 0.883. The third-order valence-corrected chi connectivity index (χ3v) is 2.07. The van der Waals surface area contributed by atoms with E-state index in [1.807, 2.05) is 14.0 Å². The summed E-state index contributed by atoms with van der Waals surface area (Å²) >= 11 is 5.59. The van der Waals surface area contributed by atoms with E-state index < -0.39 is 0 Å².